The molecule has 0 spiro atoms. The third-order valence-corrected chi connectivity index (χ3v) is 2.77. The summed E-state index contributed by atoms with van der Waals surface area (Å²) in [5.74, 6) is -3.33. The van der Waals surface area contributed by atoms with Crippen LogP contribution in [-0.4, -0.2) is 28.6 Å². The maximum Gasteiger partial charge on any atom is 0.308 e. The summed E-state index contributed by atoms with van der Waals surface area (Å²) in [6, 6.07) is 0.352. The normalized spacial score (nSPS) is 12.3. The predicted molar refractivity (Wildman–Crippen MR) is 70.8 cm³/mol. The lowest BCUT2D eigenvalue weighted by atomic mass is 10.0. The Morgan fingerprint density at radius 2 is 2.05 bits per heavy atom. The van der Waals surface area contributed by atoms with Gasteiger partial charge in [-0.1, -0.05) is 13.8 Å². The molecule has 116 valence electrons. The quantitative estimate of drug-likeness (QED) is 0.621. The molecule has 1 atom stereocenters. The van der Waals surface area contributed by atoms with Crippen LogP contribution in [0.4, 0.5) is 14.5 Å². The van der Waals surface area contributed by atoms with Crippen molar-refractivity contribution in [2.24, 2.45) is 5.92 Å². The molecular formula is C13H16F2N2O4. The van der Waals surface area contributed by atoms with Crippen molar-refractivity contribution >= 4 is 11.6 Å². The lowest BCUT2D eigenvalue weighted by Crippen LogP contribution is -2.38. The molecular weight excluding hydrogens is 286 g/mol. The van der Waals surface area contributed by atoms with Crippen molar-refractivity contribution in [1.82, 2.24) is 5.32 Å². The van der Waals surface area contributed by atoms with Crippen LogP contribution in [0.5, 0.6) is 0 Å². The summed E-state index contributed by atoms with van der Waals surface area (Å²) in [6.45, 7) is 3.35. The van der Waals surface area contributed by atoms with E-state index in [9.17, 15) is 23.7 Å². The molecule has 6 nitrogen and oxygen atoms in total. The van der Waals surface area contributed by atoms with Crippen LogP contribution in [-0.2, 0) is 0 Å². The smallest absolute Gasteiger partial charge is 0.308 e. The first-order chi connectivity index (χ1) is 9.76. The van der Waals surface area contributed by atoms with Gasteiger partial charge >= 0.3 is 5.69 Å². The number of aliphatic hydroxyl groups is 1. The molecule has 0 heterocycles. The average molecular weight is 302 g/mol. The molecule has 1 amide bonds. The minimum absolute atomic E-state index is 0.161. The molecule has 0 aromatic heterocycles. The summed E-state index contributed by atoms with van der Waals surface area (Å²) in [7, 11) is 0. The molecule has 0 aliphatic carbocycles. The lowest BCUT2D eigenvalue weighted by molar-refractivity contribution is -0.387. The molecule has 0 fully saturated rings. The topological polar surface area (TPSA) is 92.5 Å². The lowest BCUT2D eigenvalue weighted by Gasteiger charge is -2.18. The Labute approximate surface area is 119 Å². The second-order valence-electron chi connectivity index (χ2n) is 5.03. The summed E-state index contributed by atoms with van der Waals surface area (Å²) >= 11 is 0. The largest absolute Gasteiger partial charge is 0.394 e. The number of nitrogens with zero attached hydrogens (tertiary/aromatic N) is 1. The number of aliphatic hydroxyl groups excluding tert-OH is 1. The minimum atomic E-state index is -1.40. The standard InChI is InChI=1S/C13H16F2N2O4/c1-7(2)3-9(6-18)16-13(19)10-4-8(14)5-11(12(10)15)17(20)21/h4-5,7,9,18H,3,6H2,1-2H3,(H,16,19). The van der Waals surface area contributed by atoms with Gasteiger partial charge in [0.2, 0.25) is 5.82 Å². The highest BCUT2D eigenvalue weighted by Gasteiger charge is 2.25. The van der Waals surface area contributed by atoms with E-state index in [0.29, 0.717) is 18.6 Å². The predicted octanol–water partition coefficient (Wildman–Crippen LogP) is 2.01. The van der Waals surface area contributed by atoms with E-state index < -0.39 is 39.8 Å². The Bertz CT molecular complexity index is 549. The zero-order valence-electron chi connectivity index (χ0n) is 11.6. The first-order valence-corrected chi connectivity index (χ1v) is 6.31. The highest BCUT2D eigenvalue weighted by Crippen LogP contribution is 2.22. The molecule has 1 rings (SSSR count). The minimum Gasteiger partial charge on any atom is -0.394 e. The molecule has 1 unspecified atom stereocenters. The van der Waals surface area contributed by atoms with E-state index in [1.807, 2.05) is 13.8 Å². The second-order valence-corrected chi connectivity index (χ2v) is 5.03. The van der Waals surface area contributed by atoms with Gasteiger partial charge in [0.05, 0.1) is 29.2 Å². The Morgan fingerprint density at radius 3 is 2.52 bits per heavy atom. The van der Waals surface area contributed by atoms with Crippen LogP contribution in [0.15, 0.2) is 12.1 Å². The van der Waals surface area contributed by atoms with Crippen LogP contribution in [0.2, 0.25) is 0 Å². The molecule has 0 aliphatic rings. The Balaban J connectivity index is 3.04. The zero-order valence-corrected chi connectivity index (χ0v) is 11.6. The van der Waals surface area contributed by atoms with Crippen molar-refractivity contribution in [1.29, 1.82) is 0 Å². The van der Waals surface area contributed by atoms with Crippen LogP contribution in [0.25, 0.3) is 0 Å². The first-order valence-electron chi connectivity index (χ1n) is 6.31. The van der Waals surface area contributed by atoms with Gasteiger partial charge in [-0.3, -0.25) is 14.9 Å². The van der Waals surface area contributed by atoms with E-state index >= 15 is 0 Å². The van der Waals surface area contributed by atoms with Gasteiger partial charge in [0.15, 0.2) is 0 Å². The zero-order chi connectivity index (χ0) is 16.2. The summed E-state index contributed by atoms with van der Waals surface area (Å²) in [5.41, 5.74) is -1.87. The maximum absolute atomic E-state index is 13.8. The molecule has 1 aromatic rings. The fraction of sp³-hybridized carbons (Fsp3) is 0.462. The molecule has 0 saturated carbocycles. The number of carbonyl (C=O) groups is 1. The van der Waals surface area contributed by atoms with Gasteiger partial charge in [-0.2, -0.15) is 4.39 Å². The number of halogens is 2. The number of rotatable bonds is 6. The molecule has 0 aliphatic heterocycles. The molecule has 21 heavy (non-hydrogen) atoms. The monoisotopic (exact) mass is 302 g/mol. The molecule has 8 heteroatoms. The van der Waals surface area contributed by atoms with E-state index in [4.69, 9.17) is 5.11 Å². The van der Waals surface area contributed by atoms with E-state index in [1.54, 1.807) is 0 Å². The molecule has 0 bridgehead atoms. The Morgan fingerprint density at radius 1 is 1.43 bits per heavy atom. The highest BCUT2D eigenvalue weighted by molar-refractivity contribution is 5.95. The Kier molecular flexibility index (Phi) is 5.71. The first kappa shape index (κ1) is 17.0. The van der Waals surface area contributed by atoms with Crippen molar-refractivity contribution in [3.8, 4) is 0 Å². The van der Waals surface area contributed by atoms with Crippen LogP contribution < -0.4 is 5.32 Å². The fourth-order valence-electron chi connectivity index (χ4n) is 1.88. The number of amides is 1. The van der Waals surface area contributed by atoms with E-state index in [2.05, 4.69) is 5.32 Å². The summed E-state index contributed by atoms with van der Waals surface area (Å²) in [4.78, 5) is 21.4. The van der Waals surface area contributed by atoms with Crippen molar-refractivity contribution in [2.45, 2.75) is 26.3 Å². The summed E-state index contributed by atoms with van der Waals surface area (Å²) < 4.78 is 27.1. The van der Waals surface area contributed by atoms with E-state index in [1.165, 1.54) is 0 Å². The second kappa shape index (κ2) is 7.07. The van der Waals surface area contributed by atoms with Gasteiger partial charge in [-0.15, -0.1) is 0 Å². The van der Waals surface area contributed by atoms with Gasteiger partial charge in [0.1, 0.15) is 5.82 Å². The third-order valence-electron chi connectivity index (χ3n) is 2.77. The molecule has 2 N–H and O–H groups in total. The number of hydrogen-bond donors (Lipinski definition) is 2. The number of carbonyl (C=O) groups excluding carboxylic acids is 1. The van der Waals surface area contributed by atoms with Crippen molar-refractivity contribution in [3.05, 3.63) is 39.4 Å². The number of nitrogens with one attached hydrogen (secondary N) is 1. The van der Waals surface area contributed by atoms with Gasteiger partial charge in [-0.05, 0) is 18.4 Å². The molecule has 0 radical (unpaired) electrons. The van der Waals surface area contributed by atoms with Gasteiger partial charge in [0, 0.05) is 0 Å². The van der Waals surface area contributed by atoms with Crippen molar-refractivity contribution in [2.75, 3.05) is 6.61 Å². The van der Waals surface area contributed by atoms with E-state index in [0.717, 1.165) is 0 Å². The summed E-state index contributed by atoms with van der Waals surface area (Å²) in [5, 5.41) is 22.1. The summed E-state index contributed by atoms with van der Waals surface area (Å²) in [6.07, 6.45) is 0.432. The number of hydrogen-bond acceptors (Lipinski definition) is 4. The number of nitro groups is 1. The van der Waals surface area contributed by atoms with Gasteiger partial charge in [-0.25, -0.2) is 4.39 Å². The third kappa shape index (κ3) is 4.45. The Hall–Kier alpha value is -2.09. The average Bonchev–Trinajstić information content (AvgIpc) is 2.39. The van der Waals surface area contributed by atoms with Gasteiger partial charge in [0.25, 0.3) is 5.91 Å². The SMILES string of the molecule is CC(C)CC(CO)NC(=O)c1cc(F)cc([N+](=O)[O-])c1F. The van der Waals surface area contributed by atoms with Crippen LogP contribution in [0.1, 0.15) is 30.6 Å². The molecule has 0 saturated heterocycles. The van der Waals surface area contributed by atoms with E-state index in [-0.39, 0.29) is 12.5 Å². The maximum atomic E-state index is 13.8. The fourth-order valence-corrected chi connectivity index (χ4v) is 1.88. The van der Waals surface area contributed by atoms with Gasteiger partial charge < -0.3 is 10.4 Å². The number of benzene rings is 1. The van der Waals surface area contributed by atoms with Crippen LogP contribution in [0.3, 0.4) is 0 Å². The van der Waals surface area contributed by atoms with Crippen LogP contribution in [0, 0.1) is 27.7 Å². The van der Waals surface area contributed by atoms with Crippen molar-refractivity contribution in [3.63, 3.8) is 0 Å². The number of nitro benzene ring substituents is 1. The van der Waals surface area contributed by atoms with Crippen molar-refractivity contribution < 1.29 is 23.6 Å². The molecule has 1 aromatic carbocycles. The highest BCUT2D eigenvalue weighted by atomic mass is 19.1. The van der Waals surface area contributed by atoms with Crippen LogP contribution >= 0.6 is 0 Å².